The first-order valence-corrected chi connectivity index (χ1v) is 8.50. The summed E-state index contributed by atoms with van der Waals surface area (Å²) in [4.78, 5) is 0. The second-order valence-electron chi connectivity index (χ2n) is 5.42. The maximum atomic E-state index is 5.46. The molecule has 0 N–H and O–H groups in total. The topological polar surface area (TPSA) is 18.5 Å². The Hall–Kier alpha value is -0.520. The van der Waals surface area contributed by atoms with E-state index >= 15 is 0 Å². The summed E-state index contributed by atoms with van der Waals surface area (Å²) in [6.45, 7) is 4.38. The minimum absolute atomic E-state index is 0.470. The van der Waals surface area contributed by atoms with Gasteiger partial charge in [0.25, 0.3) is 0 Å². The summed E-state index contributed by atoms with van der Waals surface area (Å²) in [6, 6.07) is 0. The Kier molecular flexibility index (Phi) is 18.0. The molecule has 118 valence electrons. The van der Waals surface area contributed by atoms with Crippen LogP contribution in [0, 0.1) is 12.3 Å². The number of hydrogen-bond acceptors (Lipinski definition) is 2. The van der Waals surface area contributed by atoms with E-state index in [1.807, 2.05) is 0 Å². The Morgan fingerprint density at radius 2 is 1.20 bits per heavy atom. The van der Waals surface area contributed by atoms with Crippen LogP contribution in [0.2, 0.25) is 0 Å². The number of hydrogen-bond donors (Lipinski definition) is 0. The number of ether oxygens (including phenoxy) is 2. The molecule has 0 aliphatic rings. The Morgan fingerprint density at radius 3 is 1.75 bits per heavy atom. The van der Waals surface area contributed by atoms with Crippen LogP contribution in [-0.2, 0) is 9.47 Å². The van der Waals surface area contributed by atoms with Crippen molar-refractivity contribution in [1.82, 2.24) is 0 Å². The van der Waals surface area contributed by atoms with Gasteiger partial charge in [-0.3, -0.25) is 0 Å². The van der Waals surface area contributed by atoms with Crippen molar-refractivity contribution in [3.05, 3.63) is 0 Å². The van der Waals surface area contributed by atoms with E-state index in [1.165, 1.54) is 57.8 Å². The third kappa shape index (κ3) is 17.5. The van der Waals surface area contributed by atoms with Crippen molar-refractivity contribution in [3.63, 3.8) is 0 Å². The highest BCUT2D eigenvalue weighted by atomic mass is 16.7. The molecule has 0 fully saturated rings. The van der Waals surface area contributed by atoms with Gasteiger partial charge < -0.3 is 9.47 Å². The Bertz CT molecular complexity index is 208. The molecule has 2 nitrogen and oxygen atoms in total. The molecule has 0 amide bonds. The van der Waals surface area contributed by atoms with Gasteiger partial charge in [-0.1, -0.05) is 58.3 Å². The molecule has 0 aromatic heterocycles. The van der Waals surface area contributed by atoms with Gasteiger partial charge in [-0.05, 0) is 19.3 Å². The summed E-state index contributed by atoms with van der Waals surface area (Å²) in [6.07, 6.45) is 20.1. The van der Waals surface area contributed by atoms with Crippen LogP contribution in [-0.4, -0.2) is 20.0 Å². The van der Waals surface area contributed by atoms with Gasteiger partial charge in [0.15, 0.2) is 0 Å². The van der Waals surface area contributed by atoms with E-state index in [2.05, 4.69) is 12.8 Å². The molecule has 0 aromatic rings. The smallest absolute Gasteiger partial charge is 0.146 e. The number of terminal acetylenes is 1. The minimum Gasteiger partial charge on any atom is -0.355 e. The summed E-state index contributed by atoms with van der Waals surface area (Å²) >= 11 is 0. The van der Waals surface area contributed by atoms with E-state index in [1.54, 1.807) is 0 Å². The molecule has 0 bridgehead atoms. The highest BCUT2D eigenvalue weighted by molar-refractivity contribution is 4.82. The van der Waals surface area contributed by atoms with Gasteiger partial charge in [-0.2, -0.15) is 0 Å². The normalized spacial score (nSPS) is 10.6. The van der Waals surface area contributed by atoms with Gasteiger partial charge in [-0.15, -0.1) is 12.3 Å². The fourth-order valence-electron chi connectivity index (χ4n) is 2.12. The summed E-state index contributed by atoms with van der Waals surface area (Å²) in [5, 5.41) is 0. The third-order valence-corrected chi connectivity index (χ3v) is 3.42. The van der Waals surface area contributed by atoms with Crippen LogP contribution in [0.15, 0.2) is 0 Å². The molecule has 0 spiro atoms. The standard InChI is InChI=1S/C18H34O2/c1-3-5-7-9-10-11-12-13-15-17-20-18-19-16-14-8-6-4-2/h1H,4-18H2,2H3. The van der Waals surface area contributed by atoms with Crippen LogP contribution in [0.4, 0.5) is 0 Å². The molecule has 0 aliphatic carbocycles. The first-order valence-electron chi connectivity index (χ1n) is 8.50. The highest BCUT2D eigenvalue weighted by Gasteiger charge is 1.93. The largest absolute Gasteiger partial charge is 0.355 e. The molecule has 0 saturated heterocycles. The van der Waals surface area contributed by atoms with E-state index < -0.39 is 0 Å². The van der Waals surface area contributed by atoms with Gasteiger partial charge in [0.1, 0.15) is 6.79 Å². The van der Waals surface area contributed by atoms with Crippen molar-refractivity contribution >= 4 is 0 Å². The molecule has 0 saturated carbocycles. The fourth-order valence-corrected chi connectivity index (χ4v) is 2.12. The van der Waals surface area contributed by atoms with Crippen LogP contribution in [0.1, 0.15) is 84.0 Å². The Morgan fingerprint density at radius 1 is 0.700 bits per heavy atom. The van der Waals surface area contributed by atoms with E-state index in [4.69, 9.17) is 15.9 Å². The fraction of sp³-hybridized carbons (Fsp3) is 0.889. The predicted octanol–water partition coefficient (Wildman–Crippen LogP) is 5.31. The van der Waals surface area contributed by atoms with Crippen molar-refractivity contribution in [2.24, 2.45) is 0 Å². The lowest BCUT2D eigenvalue weighted by molar-refractivity contribution is -0.0555. The minimum atomic E-state index is 0.470. The van der Waals surface area contributed by atoms with Crippen molar-refractivity contribution in [2.75, 3.05) is 20.0 Å². The SMILES string of the molecule is C#CCCCCCCCCCOCOCCCCCC. The average molecular weight is 282 g/mol. The van der Waals surface area contributed by atoms with Crippen LogP contribution in [0.3, 0.4) is 0 Å². The predicted molar refractivity (Wildman–Crippen MR) is 86.7 cm³/mol. The molecule has 0 heterocycles. The van der Waals surface area contributed by atoms with Crippen LogP contribution in [0.5, 0.6) is 0 Å². The van der Waals surface area contributed by atoms with Gasteiger partial charge in [-0.25, -0.2) is 0 Å². The molecule has 0 aromatic carbocycles. The molecular weight excluding hydrogens is 248 g/mol. The van der Waals surface area contributed by atoms with Crippen LogP contribution >= 0.6 is 0 Å². The van der Waals surface area contributed by atoms with Crippen molar-refractivity contribution in [1.29, 1.82) is 0 Å². The zero-order chi connectivity index (χ0) is 14.7. The van der Waals surface area contributed by atoms with E-state index in [0.717, 1.165) is 32.5 Å². The van der Waals surface area contributed by atoms with E-state index in [9.17, 15) is 0 Å². The molecule has 2 heteroatoms. The Balaban J connectivity index is 2.91. The van der Waals surface area contributed by atoms with E-state index in [-0.39, 0.29) is 0 Å². The zero-order valence-electron chi connectivity index (χ0n) is 13.5. The third-order valence-electron chi connectivity index (χ3n) is 3.42. The molecular formula is C18H34O2. The summed E-state index contributed by atoms with van der Waals surface area (Å²) < 4.78 is 10.9. The summed E-state index contributed by atoms with van der Waals surface area (Å²) in [5.74, 6) is 2.69. The molecule has 0 unspecified atom stereocenters. The van der Waals surface area contributed by atoms with Gasteiger partial charge in [0.2, 0.25) is 0 Å². The number of unbranched alkanes of at least 4 members (excludes halogenated alkanes) is 10. The monoisotopic (exact) mass is 282 g/mol. The maximum Gasteiger partial charge on any atom is 0.146 e. The first-order chi connectivity index (χ1) is 9.91. The average Bonchev–Trinajstić information content (AvgIpc) is 2.47. The quantitative estimate of drug-likeness (QED) is 0.217. The van der Waals surface area contributed by atoms with Crippen LogP contribution in [0.25, 0.3) is 0 Å². The zero-order valence-corrected chi connectivity index (χ0v) is 13.5. The molecule has 0 aliphatic heterocycles. The number of rotatable bonds is 16. The molecule has 20 heavy (non-hydrogen) atoms. The lowest BCUT2D eigenvalue weighted by Crippen LogP contribution is -2.03. The molecule has 0 rings (SSSR count). The second kappa shape index (κ2) is 18.5. The molecule has 0 radical (unpaired) electrons. The summed E-state index contributed by atoms with van der Waals surface area (Å²) in [7, 11) is 0. The summed E-state index contributed by atoms with van der Waals surface area (Å²) in [5.41, 5.74) is 0. The maximum absolute atomic E-state index is 5.46. The Labute approximate surface area is 126 Å². The van der Waals surface area contributed by atoms with Gasteiger partial charge >= 0.3 is 0 Å². The molecule has 0 atom stereocenters. The second-order valence-corrected chi connectivity index (χ2v) is 5.42. The van der Waals surface area contributed by atoms with E-state index in [0.29, 0.717) is 6.79 Å². The van der Waals surface area contributed by atoms with Gasteiger partial charge in [0.05, 0.1) is 0 Å². The van der Waals surface area contributed by atoms with Gasteiger partial charge in [0, 0.05) is 19.6 Å². The van der Waals surface area contributed by atoms with Crippen molar-refractivity contribution < 1.29 is 9.47 Å². The highest BCUT2D eigenvalue weighted by Crippen LogP contribution is 2.08. The van der Waals surface area contributed by atoms with Crippen LogP contribution < -0.4 is 0 Å². The van der Waals surface area contributed by atoms with Crippen molar-refractivity contribution in [2.45, 2.75) is 84.0 Å². The lowest BCUT2D eigenvalue weighted by atomic mass is 10.1. The first kappa shape index (κ1) is 19.5. The van der Waals surface area contributed by atoms with Crippen molar-refractivity contribution in [3.8, 4) is 12.3 Å². The lowest BCUT2D eigenvalue weighted by Gasteiger charge is -2.06.